The van der Waals surface area contributed by atoms with Gasteiger partial charge in [0.2, 0.25) is 0 Å². The van der Waals surface area contributed by atoms with Gasteiger partial charge in [-0.25, -0.2) is 4.79 Å². The fraction of sp³-hybridized carbons (Fsp3) is 0.471. The van der Waals surface area contributed by atoms with Crippen LogP contribution in [-0.2, 0) is 0 Å². The highest BCUT2D eigenvalue weighted by Crippen LogP contribution is 2.29. The topological polar surface area (TPSA) is 44.8 Å². The Bertz CT molecular complexity index is 510. The summed E-state index contributed by atoms with van der Waals surface area (Å²) in [6.07, 6.45) is 1.69. The number of nitrogens with zero attached hydrogens (tertiary/aromatic N) is 2. The number of hydrogen-bond acceptors (Lipinski definition) is 3. The maximum atomic E-state index is 11.9. The first kappa shape index (κ1) is 16.4. The van der Waals surface area contributed by atoms with Gasteiger partial charge in [-0.2, -0.15) is 0 Å². The molecule has 0 radical (unpaired) electrons. The van der Waals surface area contributed by atoms with Gasteiger partial charge in [-0.1, -0.05) is 24.3 Å². The van der Waals surface area contributed by atoms with Gasteiger partial charge in [0.15, 0.2) is 0 Å². The van der Waals surface area contributed by atoms with E-state index < -0.39 is 0 Å². The van der Waals surface area contributed by atoms with Crippen molar-refractivity contribution in [3.63, 3.8) is 0 Å². The van der Waals surface area contributed by atoms with Gasteiger partial charge < -0.3 is 15.0 Å². The SMILES string of the molecule is C=CCNC(=O)N1CCN(C(C)c2ccccc2OC)CC1. The van der Waals surface area contributed by atoms with Gasteiger partial charge in [0, 0.05) is 44.3 Å². The molecule has 5 nitrogen and oxygen atoms in total. The molecule has 1 unspecified atom stereocenters. The smallest absolute Gasteiger partial charge is 0.317 e. The molecule has 1 atom stereocenters. The number of rotatable bonds is 5. The lowest BCUT2D eigenvalue weighted by molar-refractivity contribution is 0.113. The second-order valence-electron chi connectivity index (χ2n) is 5.42. The lowest BCUT2D eigenvalue weighted by atomic mass is 10.0. The summed E-state index contributed by atoms with van der Waals surface area (Å²) in [5.41, 5.74) is 1.19. The molecule has 0 aromatic heterocycles. The molecule has 1 aliphatic heterocycles. The van der Waals surface area contributed by atoms with Crippen LogP contribution in [0.4, 0.5) is 4.79 Å². The Kier molecular flexibility index (Phi) is 5.83. The molecule has 2 rings (SSSR count). The zero-order valence-corrected chi connectivity index (χ0v) is 13.4. The average molecular weight is 303 g/mol. The third-order valence-electron chi connectivity index (χ3n) is 4.14. The van der Waals surface area contributed by atoms with Crippen molar-refractivity contribution in [3.05, 3.63) is 42.5 Å². The molecular weight excluding hydrogens is 278 g/mol. The highest BCUT2D eigenvalue weighted by Gasteiger charge is 2.25. The van der Waals surface area contributed by atoms with E-state index in [2.05, 4.69) is 29.8 Å². The van der Waals surface area contributed by atoms with E-state index in [9.17, 15) is 4.79 Å². The molecule has 0 aliphatic carbocycles. The lowest BCUT2D eigenvalue weighted by Gasteiger charge is -2.38. The molecule has 1 N–H and O–H groups in total. The quantitative estimate of drug-likeness (QED) is 0.849. The second kappa shape index (κ2) is 7.84. The van der Waals surface area contributed by atoms with Gasteiger partial charge in [-0.05, 0) is 13.0 Å². The number of carbonyl (C=O) groups is 1. The molecule has 0 saturated carbocycles. The van der Waals surface area contributed by atoms with Crippen molar-refractivity contribution in [1.29, 1.82) is 0 Å². The van der Waals surface area contributed by atoms with Crippen molar-refractivity contribution in [3.8, 4) is 5.75 Å². The van der Waals surface area contributed by atoms with E-state index in [0.717, 1.165) is 31.9 Å². The van der Waals surface area contributed by atoms with E-state index >= 15 is 0 Å². The number of amides is 2. The number of piperazine rings is 1. The minimum Gasteiger partial charge on any atom is -0.496 e. The van der Waals surface area contributed by atoms with Crippen LogP contribution in [0.15, 0.2) is 36.9 Å². The van der Waals surface area contributed by atoms with Crippen LogP contribution in [0.1, 0.15) is 18.5 Å². The van der Waals surface area contributed by atoms with Crippen LogP contribution >= 0.6 is 0 Å². The van der Waals surface area contributed by atoms with Crippen LogP contribution in [0.25, 0.3) is 0 Å². The molecule has 2 amide bonds. The number of carbonyl (C=O) groups excluding carboxylic acids is 1. The largest absolute Gasteiger partial charge is 0.496 e. The monoisotopic (exact) mass is 303 g/mol. The van der Waals surface area contributed by atoms with E-state index in [4.69, 9.17) is 4.74 Å². The number of nitrogens with one attached hydrogen (secondary N) is 1. The van der Waals surface area contributed by atoms with Gasteiger partial charge in [-0.3, -0.25) is 4.90 Å². The molecule has 22 heavy (non-hydrogen) atoms. The van der Waals surface area contributed by atoms with E-state index in [1.165, 1.54) is 5.56 Å². The fourth-order valence-electron chi connectivity index (χ4n) is 2.79. The Morgan fingerprint density at radius 2 is 2.05 bits per heavy atom. The highest BCUT2D eigenvalue weighted by molar-refractivity contribution is 5.74. The Labute approximate surface area is 132 Å². The third kappa shape index (κ3) is 3.80. The van der Waals surface area contributed by atoms with E-state index in [-0.39, 0.29) is 12.1 Å². The fourth-order valence-corrected chi connectivity index (χ4v) is 2.79. The molecule has 120 valence electrons. The number of para-hydroxylation sites is 1. The van der Waals surface area contributed by atoms with Crippen LogP contribution in [0.2, 0.25) is 0 Å². The summed E-state index contributed by atoms with van der Waals surface area (Å²) in [7, 11) is 1.70. The van der Waals surface area contributed by atoms with Gasteiger partial charge >= 0.3 is 6.03 Å². The van der Waals surface area contributed by atoms with Crippen LogP contribution in [0.3, 0.4) is 0 Å². The number of ether oxygens (including phenoxy) is 1. The molecular formula is C17H25N3O2. The zero-order chi connectivity index (χ0) is 15.9. The minimum absolute atomic E-state index is 0.00973. The van der Waals surface area contributed by atoms with Crippen LogP contribution in [-0.4, -0.2) is 55.7 Å². The molecule has 1 aromatic rings. The van der Waals surface area contributed by atoms with Crippen molar-refractivity contribution in [2.45, 2.75) is 13.0 Å². The molecule has 1 aliphatic rings. The predicted octanol–water partition coefficient (Wildman–Crippen LogP) is 2.27. The van der Waals surface area contributed by atoms with Crippen molar-refractivity contribution in [2.75, 3.05) is 39.8 Å². The summed E-state index contributed by atoms with van der Waals surface area (Å²) in [6, 6.07) is 8.38. The first-order chi connectivity index (χ1) is 10.7. The molecule has 1 heterocycles. The third-order valence-corrected chi connectivity index (χ3v) is 4.14. The maximum absolute atomic E-state index is 11.9. The Hall–Kier alpha value is -2.01. The first-order valence-electron chi connectivity index (χ1n) is 7.68. The predicted molar refractivity (Wildman–Crippen MR) is 88.2 cm³/mol. The summed E-state index contributed by atoms with van der Waals surface area (Å²) in [5.74, 6) is 0.918. The average Bonchev–Trinajstić information content (AvgIpc) is 2.59. The maximum Gasteiger partial charge on any atom is 0.317 e. The molecule has 1 aromatic carbocycles. The van der Waals surface area contributed by atoms with Gasteiger partial charge in [0.25, 0.3) is 0 Å². The summed E-state index contributed by atoms with van der Waals surface area (Å²) in [6.45, 7) is 9.51. The minimum atomic E-state index is -0.00973. The van der Waals surface area contributed by atoms with Crippen molar-refractivity contribution < 1.29 is 9.53 Å². The van der Waals surface area contributed by atoms with E-state index in [1.54, 1.807) is 13.2 Å². The molecule has 0 bridgehead atoms. The summed E-state index contributed by atoms with van der Waals surface area (Å²) >= 11 is 0. The summed E-state index contributed by atoms with van der Waals surface area (Å²) < 4.78 is 5.45. The van der Waals surface area contributed by atoms with Gasteiger partial charge in [0.05, 0.1) is 7.11 Å². The molecule has 0 spiro atoms. The number of methoxy groups -OCH3 is 1. The van der Waals surface area contributed by atoms with Crippen LogP contribution < -0.4 is 10.1 Å². The number of benzene rings is 1. The van der Waals surface area contributed by atoms with Crippen LogP contribution in [0, 0.1) is 0 Å². The second-order valence-corrected chi connectivity index (χ2v) is 5.42. The number of hydrogen-bond donors (Lipinski definition) is 1. The Morgan fingerprint density at radius 1 is 1.36 bits per heavy atom. The normalized spacial score (nSPS) is 16.9. The molecule has 1 fully saturated rings. The summed E-state index contributed by atoms with van der Waals surface area (Å²) in [4.78, 5) is 16.2. The standard InChI is InChI=1S/C17H25N3O2/c1-4-9-18-17(21)20-12-10-19(11-13-20)14(2)15-7-5-6-8-16(15)22-3/h4-8,14H,1,9-13H2,2-3H3,(H,18,21). The first-order valence-corrected chi connectivity index (χ1v) is 7.68. The van der Waals surface area contributed by atoms with Crippen LogP contribution in [0.5, 0.6) is 5.75 Å². The van der Waals surface area contributed by atoms with Crippen molar-refractivity contribution in [2.24, 2.45) is 0 Å². The Balaban J connectivity index is 1.93. The number of urea groups is 1. The van der Waals surface area contributed by atoms with Gasteiger partial charge in [0.1, 0.15) is 5.75 Å². The lowest BCUT2D eigenvalue weighted by Crippen LogP contribution is -2.52. The highest BCUT2D eigenvalue weighted by atomic mass is 16.5. The molecule has 5 heteroatoms. The Morgan fingerprint density at radius 3 is 2.68 bits per heavy atom. The molecule has 1 saturated heterocycles. The van der Waals surface area contributed by atoms with Gasteiger partial charge in [-0.15, -0.1) is 6.58 Å². The van der Waals surface area contributed by atoms with E-state index in [0.29, 0.717) is 6.54 Å². The van der Waals surface area contributed by atoms with E-state index in [1.807, 2.05) is 23.1 Å². The summed E-state index contributed by atoms with van der Waals surface area (Å²) in [5, 5.41) is 2.83. The van der Waals surface area contributed by atoms with Crippen molar-refractivity contribution >= 4 is 6.03 Å². The van der Waals surface area contributed by atoms with Crippen molar-refractivity contribution in [1.82, 2.24) is 15.1 Å². The zero-order valence-electron chi connectivity index (χ0n) is 13.4.